The normalized spacial score (nSPS) is 12.9. The van der Waals surface area contributed by atoms with Crippen LogP contribution in [-0.2, 0) is 11.3 Å². The van der Waals surface area contributed by atoms with Gasteiger partial charge in [-0.1, -0.05) is 48.5 Å². The summed E-state index contributed by atoms with van der Waals surface area (Å²) < 4.78 is 7.15. The monoisotopic (exact) mass is 386 g/mol. The van der Waals surface area contributed by atoms with Crippen LogP contribution in [0.5, 0.6) is 11.5 Å². The molecule has 0 saturated carbocycles. The second-order valence-electron chi connectivity index (χ2n) is 6.88. The van der Waals surface area contributed by atoms with Gasteiger partial charge in [-0.3, -0.25) is 4.79 Å². The summed E-state index contributed by atoms with van der Waals surface area (Å²) >= 11 is 1.63. The second kappa shape index (κ2) is 6.77. The van der Waals surface area contributed by atoms with Crippen LogP contribution in [0.15, 0.2) is 72.8 Å². The Kier molecular flexibility index (Phi) is 4.10. The molecule has 2 heterocycles. The van der Waals surface area contributed by atoms with Gasteiger partial charge in [0.25, 0.3) is 0 Å². The SMILES string of the molecule is CN(Cc1nc2ccccc2s1)C(=O)C1c2ccccc2Oc2ccccc21. The van der Waals surface area contributed by atoms with Crippen LogP contribution in [0, 0.1) is 0 Å². The van der Waals surface area contributed by atoms with Gasteiger partial charge in [-0.2, -0.15) is 0 Å². The molecule has 0 unspecified atom stereocenters. The number of para-hydroxylation sites is 3. The number of likely N-dealkylation sites (N-methyl/N-ethyl adjacent to an activating group) is 1. The third-order valence-electron chi connectivity index (χ3n) is 5.01. The number of carbonyl (C=O) groups is 1. The first-order valence-electron chi connectivity index (χ1n) is 9.16. The van der Waals surface area contributed by atoms with E-state index in [2.05, 4.69) is 11.1 Å². The molecule has 4 nitrogen and oxygen atoms in total. The first kappa shape index (κ1) is 17.0. The summed E-state index contributed by atoms with van der Waals surface area (Å²) in [5, 5.41) is 0.936. The number of carbonyl (C=O) groups excluding carboxylic acids is 1. The van der Waals surface area contributed by atoms with Gasteiger partial charge in [-0.15, -0.1) is 11.3 Å². The van der Waals surface area contributed by atoms with Gasteiger partial charge >= 0.3 is 0 Å². The number of fused-ring (bicyclic) bond motifs is 3. The summed E-state index contributed by atoms with van der Waals surface area (Å²) in [5.41, 5.74) is 2.79. The summed E-state index contributed by atoms with van der Waals surface area (Å²) in [6, 6.07) is 23.6. The van der Waals surface area contributed by atoms with E-state index in [0.29, 0.717) is 6.54 Å². The maximum absolute atomic E-state index is 13.5. The third kappa shape index (κ3) is 2.84. The molecular weight excluding hydrogens is 368 g/mol. The number of nitrogens with zero attached hydrogens (tertiary/aromatic N) is 2. The minimum absolute atomic E-state index is 0.0439. The van der Waals surface area contributed by atoms with E-state index in [9.17, 15) is 4.79 Å². The van der Waals surface area contributed by atoms with Crippen LogP contribution in [0.1, 0.15) is 22.1 Å². The molecule has 28 heavy (non-hydrogen) atoms. The summed E-state index contributed by atoms with van der Waals surface area (Å²) in [7, 11) is 1.84. The van der Waals surface area contributed by atoms with Gasteiger partial charge in [-0.05, 0) is 24.3 Å². The van der Waals surface area contributed by atoms with Gasteiger partial charge in [0.2, 0.25) is 5.91 Å². The van der Waals surface area contributed by atoms with Gasteiger partial charge < -0.3 is 9.64 Å². The van der Waals surface area contributed by atoms with E-state index in [1.165, 1.54) is 0 Å². The highest BCUT2D eigenvalue weighted by Crippen LogP contribution is 2.44. The first-order chi connectivity index (χ1) is 13.7. The molecule has 0 N–H and O–H groups in total. The lowest BCUT2D eigenvalue weighted by Crippen LogP contribution is -2.33. The van der Waals surface area contributed by atoms with E-state index in [1.807, 2.05) is 73.8 Å². The fraction of sp³-hybridized carbons (Fsp3) is 0.130. The molecule has 4 aromatic rings. The highest BCUT2D eigenvalue weighted by Gasteiger charge is 2.34. The maximum atomic E-state index is 13.5. The highest BCUT2D eigenvalue weighted by molar-refractivity contribution is 7.18. The van der Waals surface area contributed by atoms with Crippen molar-refractivity contribution in [2.24, 2.45) is 0 Å². The summed E-state index contributed by atoms with van der Waals surface area (Å²) in [6.07, 6.45) is 0. The molecule has 1 amide bonds. The van der Waals surface area contributed by atoms with Crippen molar-refractivity contribution in [1.29, 1.82) is 0 Å². The van der Waals surface area contributed by atoms with Crippen molar-refractivity contribution in [3.05, 3.63) is 88.9 Å². The van der Waals surface area contributed by atoms with E-state index >= 15 is 0 Å². The molecule has 0 fully saturated rings. The standard InChI is InChI=1S/C23H18N2O2S/c1-25(14-21-24-17-10-4-7-13-20(17)28-21)23(26)22-15-8-2-5-11-18(15)27-19-12-6-3-9-16(19)22/h2-13,22H,14H2,1H3. The lowest BCUT2D eigenvalue weighted by Gasteiger charge is -2.30. The van der Waals surface area contributed by atoms with Gasteiger partial charge in [0, 0.05) is 18.2 Å². The van der Waals surface area contributed by atoms with Crippen LogP contribution in [0.4, 0.5) is 0 Å². The van der Waals surface area contributed by atoms with Gasteiger partial charge in [0.05, 0.1) is 22.7 Å². The number of hydrogen-bond donors (Lipinski definition) is 0. The predicted octanol–water partition coefficient (Wildman–Crippen LogP) is 5.19. The molecule has 1 aliphatic heterocycles. The zero-order chi connectivity index (χ0) is 19.1. The fourth-order valence-corrected chi connectivity index (χ4v) is 4.69. The summed E-state index contributed by atoms with van der Waals surface area (Å²) in [5.74, 6) is 1.16. The number of rotatable bonds is 3. The fourth-order valence-electron chi connectivity index (χ4n) is 3.66. The zero-order valence-electron chi connectivity index (χ0n) is 15.3. The number of hydrogen-bond acceptors (Lipinski definition) is 4. The van der Waals surface area contributed by atoms with Gasteiger partial charge in [0.1, 0.15) is 16.5 Å². The Balaban J connectivity index is 1.49. The Hall–Kier alpha value is -3.18. The molecule has 0 bridgehead atoms. The van der Waals surface area contributed by atoms with Crippen LogP contribution in [-0.4, -0.2) is 22.8 Å². The number of amides is 1. The molecule has 0 saturated heterocycles. The topological polar surface area (TPSA) is 42.4 Å². The Morgan fingerprint density at radius 2 is 1.57 bits per heavy atom. The molecule has 3 aromatic carbocycles. The zero-order valence-corrected chi connectivity index (χ0v) is 16.1. The summed E-state index contributed by atoms with van der Waals surface area (Å²) in [4.78, 5) is 19.9. The minimum atomic E-state index is -0.375. The molecule has 1 aromatic heterocycles. The molecule has 5 heteroatoms. The Bertz CT molecular complexity index is 1110. The molecule has 0 aliphatic carbocycles. The van der Waals surface area contributed by atoms with Crippen LogP contribution >= 0.6 is 11.3 Å². The van der Waals surface area contributed by atoms with E-state index in [4.69, 9.17) is 4.74 Å². The lowest BCUT2D eigenvalue weighted by atomic mass is 9.87. The van der Waals surface area contributed by atoms with Crippen LogP contribution < -0.4 is 4.74 Å². The van der Waals surface area contributed by atoms with E-state index < -0.39 is 0 Å². The third-order valence-corrected chi connectivity index (χ3v) is 6.03. The van der Waals surface area contributed by atoms with E-state index in [0.717, 1.165) is 37.9 Å². The van der Waals surface area contributed by atoms with Crippen LogP contribution in [0.3, 0.4) is 0 Å². The molecule has 0 atom stereocenters. The smallest absolute Gasteiger partial charge is 0.234 e. The van der Waals surface area contributed by atoms with Gasteiger partial charge in [-0.25, -0.2) is 4.98 Å². The maximum Gasteiger partial charge on any atom is 0.234 e. The number of aromatic nitrogens is 1. The van der Waals surface area contributed by atoms with Crippen molar-refractivity contribution in [2.45, 2.75) is 12.5 Å². The Labute approximate surface area is 167 Å². The average Bonchev–Trinajstić information content (AvgIpc) is 3.13. The molecule has 0 spiro atoms. The summed E-state index contributed by atoms with van der Waals surface area (Å²) in [6.45, 7) is 0.486. The van der Waals surface area contributed by atoms with E-state index in [-0.39, 0.29) is 11.8 Å². The van der Waals surface area contributed by atoms with Crippen molar-refractivity contribution < 1.29 is 9.53 Å². The average molecular weight is 386 g/mol. The second-order valence-corrected chi connectivity index (χ2v) is 8.00. The Morgan fingerprint density at radius 1 is 0.964 bits per heavy atom. The minimum Gasteiger partial charge on any atom is -0.457 e. The molecule has 1 aliphatic rings. The molecule has 0 radical (unpaired) electrons. The highest BCUT2D eigenvalue weighted by atomic mass is 32.1. The van der Waals surface area contributed by atoms with Gasteiger partial charge in [0.15, 0.2) is 0 Å². The predicted molar refractivity (Wildman–Crippen MR) is 111 cm³/mol. The molecule has 5 rings (SSSR count). The molecule has 138 valence electrons. The van der Waals surface area contributed by atoms with Crippen molar-refractivity contribution in [3.8, 4) is 11.5 Å². The number of benzene rings is 3. The number of thiazole rings is 1. The largest absolute Gasteiger partial charge is 0.457 e. The quantitative estimate of drug-likeness (QED) is 0.486. The first-order valence-corrected chi connectivity index (χ1v) is 9.97. The van der Waals surface area contributed by atoms with Crippen LogP contribution in [0.25, 0.3) is 10.2 Å². The van der Waals surface area contributed by atoms with Crippen molar-refractivity contribution in [2.75, 3.05) is 7.05 Å². The Morgan fingerprint density at radius 3 is 2.25 bits per heavy atom. The van der Waals surface area contributed by atoms with Crippen molar-refractivity contribution in [1.82, 2.24) is 9.88 Å². The van der Waals surface area contributed by atoms with Crippen LogP contribution in [0.2, 0.25) is 0 Å². The van der Waals surface area contributed by atoms with Crippen molar-refractivity contribution in [3.63, 3.8) is 0 Å². The lowest BCUT2D eigenvalue weighted by molar-refractivity contribution is -0.131. The van der Waals surface area contributed by atoms with E-state index in [1.54, 1.807) is 16.2 Å². The molecular formula is C23H18N2O2S. The number of ether oxygens (including phenoxy) is 1. The van der Waals surface area contributed by atoms with Crippen molar-refractivity contribution >= 4 is 27.5 Å².